The van der Waals surface area contributed by atoms with Crippen molar-refractivity contribution in [2.75, 3.05) is 20.6 Å². The number of benzene rings is 1. The maximum atomic E-state index is 3.62. The van der Waals surface area contributed by atoms with Gasteiger partial charge in [-0.1, -0.05) is 18.2 Å². The number of nitrogens with one attached hydrogen (secondary N) is 1. The Labute approximate surface area is 116 Å². The summed E-state index contributed by atoms with van der Waals surface area (Å²) in [6.07, 6.45) is 3.41. The van der Waals surface area contributed by atoms with Gasteiger partial charge in [-0.15, -0.1) is 0 Å². The lowest BCUT2D eigenvalue weighted by Crippen LogP contribution is -2.29. The van der Waals surface area contributed by atoms with Gasteiger partial charge in [-0.3, -0.25) is 0 Å². The Morgan fingerprint density at radius 3 is 2.74 bits per heavy atom. The first kappa shape index (κ1) is 14.1. The Kier molecular flexibility index (Phi) is 4.61. The van der Waals surface area contributed by atoms with E-state index in [1.807, 2.05) is 0 Å². The van der Waals surface area contributed by atoms with E-state index in [1.165, 1.54) is 22.9 Å². The molecule has 1 aromatic carbocycles. The lowest BCUT2D eigenvalue weighted by molar-refractivity contribution is 0.366. The predicted molar refractivity (Wildman–Crippen MR) is 82.4 cm³/mol. The van der Waals surface area contributed by atoms with Crippen molar-refractivity contribution >= 4 is 10.9 Å². The lowest BCUT2D eigenvalue weighted by atomic mass is 10.1. The van der Waals surface area contributed by atoms with E-state index in [4.69, 9.17) is 0 Å². The zero-order valence-corrected chi connectivity index (χ0v) is 12.5. The van der Waals surface area contributed by atoms with E-state index in [-0.39, 0.29) is 0 Å². The van der Waals surface area contributed by atoms with Crippen LogP contribution >= 0.6 is 0 Å². The van der Waals surface area contributed by atoms with Gasteiger partial charge in [0, 0.05) is 36.7 Å². The molecular formula is C16H25N3. The monoisotopic (exact) mass is 259 g/mol. The predicted octanol–water partition coefficient (Wildman–Crippen LogP) is 2.61. The quantitative estimate of drug-likeness (QED) is 0.860. The van der Waals surface area contributed by atoms with Crippen LogP contribution in [0.1, 0.15) is 18.9 Å². The van der Waals surface area contributed by atoms with Crippen molar-refractivity contribution in [3.63, 3.8) is 0 Å². The average molecular weight is 259 g/mol. The first-order chi connectivity index (χ1) is 9.08. The van der Waals surface area contributed by atoms with Crippen LogP contribution in [-0.4, -0.2) is 36.1 Å². The van der Waals surface area contributed by atoms with Crippen molar-refractivity contribution in [2.45, 2.75) is 25.9 Å². The normalized spacial score (nSPS) is 13.3. The summed E-state index contributed by atoms with van der Waals surface area (Å²) < 4.78 is 2.21. The molecule has 0 saturated heterocycles. The van der Waals surface area contributed by atoms with Crippen LogP contribution in [0.2, 0.25) is 0 Å². The molecule has 19 heavy (non-hydrogen) atoms. The van der Waals surface area contributed by atoms with E-state index in [9.17, 15) is 0 Å². The van der Waals surface area contributed by atoms with E-state index in [0.717, 1.165) is 13.1 Å². The molecule has 0 radical (unpaired) electrons. The van der Waals surface area contributed by atoms with Crippen molar-refractivity contribution in [1.82, 2.24) is 14.8 Å². The standard InChI is InChI=1S/C16H25N3/c1-13(9-10-18(2)3)17-11-14-12-19(4)16-8-6-5-7-15(14)16/h5-8,12-13,17H,9-11H2,1-4H3. The summed E-state index contributed by atoms with van der Waals surface area (Å²) >= 11 is 0. The van der Waals surface area contributed by atoms with Crippen LogP contribution in [0, 0.1) is 0 Å². The van der Waals surface area contributed by atoms with Crippen LogP contribution in [0.15, 0.2) is 30.5 Å². The minimum atomic E-state index is 0.543. The Bertz CT molecular complexity index is 528. The summed E-state index contributed by atoms with van der Waals surface area (Å²) in [7, 11) is 6.36. The summed E-state index contributed by atoms with van der Waals surface area (Å²) in [5, 5.41) is 4.98. The molecule has 0 saturated carbocycles. The highest BCUT2D eigenvalue weighted by Gasteiger charge is 2.07. The number of fused-ring (bicyclic) bond motifs is 1. The average Bonchev–Trinajstić information content (AvgIpc) is 2.71. The third-order valence-corrected chi connectivity index (χ3v) is 3.63. The Balaban J connectivity index is 1.98. The summed E-state index contributed by atoms with van der Waals surface area (Å²) in [6.45, 7) is 4.33. The number of hydrogen-bond acceptors (Lipinski definition) is 2. The van der Waals surface area contributed by atoms with Crippen molar-refractivity contribution in [3.8, 4) is 0 Å². The molecule has 0 amide bonds. The van der Waals surface area contributed by atoms with Crippen molar-refractivity contribution < 1.29 is 0 Å². The van der Waals surface area contributed by atoms with E-state index in [0.29, 0.717) is 6.04 Å². The molecule has 104 valence electrons. The fourth-order valence-electron chi connectivity index (χ4n) is 2.40. The zero-order chi connectivity index (χ0) is 13.8. The highest BCUT2D eigenvalue weighted by Crippen LogP contribution is 2.20. The Hall–Kier alpha value is -1.32. The lowest BCUT2D eigenvalue weighted by Gasteiger charge is -2.16. The molecule has 0 aliphatic rings. The van der Waals surface area contributed by atoms with Crippen LogP contribution in [0.4, 0.5) is 0 Å². The number of aromatic nitrogens is 1. The van der Waals surface area contributed by atoms with Crippen molar-refractivity contribution in [2.24, 2.45) is 7.05 Å². The maximum Gasteiger partial charge on any atom is 0.0481 e. The van der Waals surface area contributed by atoms with E-state index < -0.39 is 0 Å². The third-order valence-electron chi connectivity index (χ3n) is 3.63. The second kappa shape index (κ2) is 6.22. The van der Waals surface area contributed by atoms with Gasteiger partial charge in [0.1, 0.15) is 0 Å². The SMILES string of the molecule is CC(CCN(C)C)NCc1cn(C)c2ccccc12. The Morgan fingerprint density at radius 2 is 2.00 bits per heavy atom. The van der Waals surface area contributed by atoms with Crippen LogP contribution < -0.4 is 5.32 Å². The van der Waals surface area contributed by atoms with Crippen molar-refractivity contribution in [1.29, 1.82) is 0 Å². The van der Waals surface area contributed by atoms with Crippen LogP contribution in [0.3, 0.4) is 0 Å². The molecule has 1 aromatic heterocycles. The summed E-state index contributed by atoms with van der Waals surface area (Å²) in [5.41, 5.74) is 2.69. The summed E-state index contributed by atoms with van der Waals surface area (Å²) in [5.74, 6) is 0. The molecule has 2 aromatic rings. The molecule has 1 unspecified atom stereocenters. The largest absolute Gasteiger partial charge is 0.350 e. The van der Waals surface area contributed by atoms with Crippen molar-refractivity contribution in [3.05, 3.63) is 36.0 Å². The number of rotatable bonds is 6. The molecule has 0 aliphatic carbocycles. The first-order valence-corrected chi connectivity index (χ1v) is 6.99. The molecule has 3 nitrogen and oxygen atoms in total. The minimum Gasteiger partial charge on any atom is -0.350 e. The highest BCUT2D eigenvalue weighted by atomic mass is 15.1. The second-order valence-electron chi connectivity index (χ2n) is 5.66. The van der Waals surface area contributed by atoms with Crippen LogP contribution in [-0.2, 0) is 13.6 Å². The van der Waals surface area contributed by atoms with E-state index in [2.05, 4.69) is 73.3 Å². The number of aryl methyl sites for hydroxylation is 1. The molecule has 3 heteroatoms. The maximum absolute atomic E-state index is 3.62. The van der Waals surface area contributed by atoms with Gasteiger partial charge >= 0.3 is 0 Å². The van der Waals surface area contributed by atoms with E-state index >= 15 is 0 Å². The van der Waals surface area contributed by atoms with Gasteiger partial charge in [-0.05, 0) is 45.6 Å². The fourth-order valence-corrected chi connectivity index (χ4v) is 2.40. The van der Waals surface area contributed by atoms with Gasteiger partial charge in [0.05, 0.1) is 0 Å². The molecular weight excluding hydrogens is 234 g/mol. The van der Waals surface area contributed by atoms with Gasteiger partial charge in [0.2, 0.25) is 0 Å². The summed E-state index contributed by atoms with van der Waals surface area (Å²) in [4.78, 5) is 2.23. The minimum absolute atomic E-state index is 0.543. The van der Waals surface area contributed by atoms with Gasteiger partial charge in [-0.2, -0.15) is 0 Å². The molecule has 0 spiro atoms. The molecule has 1 N–H and O–H groups in total. The topological polar surface area (TPSA) is 20.2 Å². The third kappa shape index (κ3) is 3.58. The summed E-state index contributed by atoms with van der Waals surface area (Å²) in [6, 6.07) is 9.13. The number of para-hydroxylation sites is 1. The second-order valence-corrected chi connectivity index (χ2v) is 5.66. The molecule has 0 bridgehead atoms. The highest BCUT2D eigenvalue weighted by molar-refractivity contribution is 5.83. The molecule has 0 fully saturated rings. The number of nitrogens with zero attached hydrogens (tertiary/aromatic N) is 2. The fraction of sp³-hybridized carbons (Fsp3) is 0.500. The smallest absolute Gasteiger partial charge is 0.0481 e. The van der Waals surface area contributed by atoms with Gasteiger partial charge in [-0.25, -0.2) is 0 Å². The van der Waals surface area contributed by atoms with E-state index in [1.54, 1.807) is 0 Å². The first-order valence-electron chi connectivity index (χ1n) is 6.99. The zero-order valence-electron chi connectivity index (χ0n) is 12.5. The number of hydrogen-bond donors (Lipinski definition) is 1. The van der Waals surface area contributed by atoms with Gasteiger partial charge < -0.3 is 14.8 Å². The van der Waals surface area contributed by atoms with Crippen LogP contribution in [0.5, 0.6) is 0 Å². The van der Waals surface area contributed by atoms with Crippen LogP contribution in [0.25, 0.3) is 10.9 Å². The Morgan fingerprint density at radius 1 is 1.26 bits per heavy atom. The molecule has 1 heterocycles. The van der Waals surface area contributed by atoms with Gasteiger partial charge in [0.15, 0.2) is 0 Å². The molecule has 2 rings (SSSR count). The molecule has 0 aliphatic heterocycles. The molecule has 1 atom stereocenters. The van der Waals surface area contributed by atoms with Gasteiger partial charge in [0.25, 0.3) is 0 Å².